The molecule has 1 aromatic rings. The minimum Gasteiger partial charge on any atom is -0.480 e. The van der Waals surface area contributed by atoms with Crippen LogP contribution in [0.4, 0.5) is 4.39 Å². The molecule has 0 saturated heterocycles. The van der Waals surface area contributed by atoms with E-state index in [1.165, 1.54) is 18.2 Å². The molecule has 0 radical (unpaired) electrons. The van der Waals surface area contributed by atoms with Crippen molar-refractivity contribution in [3.8, 4) is 0 Å². The molecule has 0 heterocycles. The van der Waals surface area contributed by atoms with Crippen LogP contribution in [0, 0.1) is 11.7 Å². The fraction of sp³-hybridized carbons (Fsp3) is 0.417. The molecule has 2 N–H and O–H groups in total. The first kappa shape index (κ1) is 13.9. The molecule has 0 bridgehead atoms. The minimum atomic E-state index is -1.12. The van der Waals surface area contributed by atoms with Gasteiger partial charge in [-0.2, -0.15) is 0 Å². The average molecular weight is 260 g/mol. The van der Waals surface area contributed by atoms with Gasteiger partial charge in [0.15, 0.2) is 0 Å². The van der Waals surface area contributed by atoms with E-state index in [4.69, 9.17) is 16.7 Å². The van der Waals surface area contributed by atoms with Crippen molar-refractivity contribution in [2.45, 2.75) is 19.9 Å². The molecule has 5 heteroatoms. The summed E-state index contributed by atoms with van der Waals surface area (Å²) in [4.78, 5) is 11.1. The number of hydrogen-bond donors (Lipinski definition) is 2. The number of carboxylic acids is 1. The van der Waals surface area contributed by atoms with Crippen molar-refractivity contribution in [2.24, 2.45) is 5.92 Å². The van der Waals surface area contributed by atoms with E-state index < -0.39 is 17.8 Å². The van der Waals surface area contributed by atoms with Crippen molar-refractivity contribution in [3.05, 3.63) is 34.6 Å². The van der Waals surface area contributed by atoms with Crippen LogP contribution in [0.3, 0.4) is 0 Å². The first-order chi connectivity index (χ1) is 7.93. The summed E-state index contributed by atoms with van der Waals surface area (Å²) < 4.78 is 13.7. The van der Waals surface area contributed by atoms with Crippen molar-refractivity contribution in [1.82, 2.24) is 5.32 Å². The Morgan fingerprint density at radius 2 is 2.18 bits per heavy atom. The van der Waals surface area contributed by atoms with E-state index in [9.17, 15) is 9.18 Å². The van der Waals surface area contributed by atoms with Crippen LogP contribution in [0.15, 0.2) is 18.2 Å². The molecule has 3 nitrogen and oxygen atoms in total. The second-order valence-electron chi connectivity index (χ2n) is 4.22. The van der Waals surface area contributed by atoms with Crippen molar-refractivity contribution in [2.75, 3.05) is 6.54 Å². The lowest BCUT2D eigenvalue weighted by molar-refractivity contribution is -0.139. The molecule has 1 atom stereocenters. The maximum Gasteiger partial charge on any atom is 0.325 e. The third-order valence-electron chi connectivity index (χ3n) is 2.27. The lowest BCUT2D eigenvalue weighted by Gasteiger charge is -2.17. The highest BCUT2D eigenvalue weighted by Gasteiger charge is 2.23. The number of nitrogens with one attached hydrogen (secondary N) is 1. The van der Waals surface area contributed by atoms with E-state index in [2.05, 4.69) is 5.32 Å². The van der Waals surface area contributed by atoms with Gasteiger partial charge in [0.2, 0.25) is 0 Å². The van der Waals surface area contributed by atoms with Crippen LogP contribution in [0.5, 0.6) is 0 Å². The van der Waals surface area contributed by atoms with Crippen LogP contribution < -0.4 is 5.32 Å². The van der Waals surface area contributed by atoms with Gasteiger partial charge in [0.1, 0.15) is 11.9 Å². The molecule has 0 saturated carbocycles. The van der Waals surface area contributed by atoms with Crippen LogP contribution in [-0.2, 0) is 4.79 Å². The molecular weight excluding hydrogens is 245 g/mol. The number of carbonyl (C=O) groups is 1. The SMILES string of the molecule is CC(C)CNC(C(=O)O)c1cccc(Cl)c1F. The van der Waals surface area contributed by atoms with Crippen LogP contribution in [0.1, 0.15) is 25.5 Å². The molecule has 0 aliphatic heterocycles. The molecule has 94 valence electrons. The van der Waals surface area contributed by atoms with Crippen molar-refractivity contribution < 1.29 is 14.3 Å². The molecule has 0 spiro atoms. The largest absolute Gasteiger partial charge is 0.480 e. The van der Waals surface area contributed by atoms with E-state index in [1.807, 2.05) is 13.8 Å². The zero-order valence-electron chi connectivity index (χ0n) is 9.71. The second-order valence-corrected chi connectivity index (χ2v) is 4.62. The molecule has 0 fully saturated rings. The lowest BCUT2D eigenvalue weighted by Crippen LogP contribution is -2.32. The monoisotopic (exact) mass is 259 g/mol. The summed E-state index contributed by atoms with van der Waals surface area (Å²) in [5.74, 6) is -1.52. The number of carboxylic acid groups (broad SMARTS) is 1. The maximum absolute atomic E-state index is 13.7. The topological polar surface area (TPSA) is 49.3 Å². The third kappa shape index (κ3) is 3.68. The Labute approximate surface area is 105 Å². The van der Waals surface area contributed by atoms with Crippen molar-refractivity contribution in [3.63, 3.8) is 0 Å². The zero-order chi connectivity index (χ0) is 13.0. The van der Waals surface area contributed by atoms with Gasteiger partial charge in [-0.05, 0) is 18.5 Å². The Kier molecular flexibility index (Phi) is 4.90. The number of aliphatic carboxylic acids is 1. The number of rotatable bonds is 5. The molecule has 1 rings (SSSR count). The summed E-state index contributed by atoms with van der Waals surface area (Å²) in [5.41, 5.74) is 0.0608. The van der Waals surface area contributed by atoms with Gasteiger partial charge in [0.25, 0.3) is 0 Å². The van der Waals surface area contributed by atoms with Gasteiger partial charge in [0.05, 0.1) is 5.02 Å². The van der Waals surface area contributed by atoms with Crippen LogP contribution in [-0.4, -0.2) is 17.6 Å². The zero-order valence-corrected chi connectivity index (χ0v) is 10.5. The molecule has 1 unspecified atom stereocenters. The Morgan fingerprint density at radius 3 is 2.71 bits per heavy atom. The predicted molar refractivity (Wildman–Crippen MR) is 64.6 cm³/mol. The van der Waals surface area contributed by atoms with Gasteiger partial charge in [-0.15, -0.1) is 0 Å². The molecule has 17 heavy (non-hydrogen) atoms. The summed E-state index contributed by atoms with van der Waals surface area (Å²) in [5, 5.41) is 11.8. The predicted octanol–water partition coefficient (Wildman–Crippen LogP) is 2.85. The third-order valence-corrected chi connectivity index (χ3v) is 2.56. The highest BCUT2D eigenvalue weighted by atomic mass is 35.5. The summed E-state index contributed by atoms with van der Waals surface area (Å²) in [6.45, 7) is 4.38. The van der Waals surface area contributed by atoms with Gasteiger partial charge in [-0.3, -0.25) is 4.79 Å². The Bertz CT molecular complexity index is 409. The highest BCUT2D eigenvalue weighted by Crippen LogP contribution is 2.23. The molecule has 0 aliphatic rings. The molecule has 0 amide bonds. The van der Waals surface area contributed by atoms with E-state index in [0.717, 1.165) is 0 Å². The summed E-state index contributed by atoms with van der Waals surface area (Å²) >= 11 is 5.63. The quantitative estimate of drug-likeness (QED) is 0.855. The smallest absolute Gasteiger partial charge is 0.325 e. The van der Waals surface area contributed by atoms with Crippen LogP contribution >= 0.6 is 11.6 Å². The highest BCUT2D eigenvalue weighted by molar-refractivity contribution is 6.30. The number of benzene rings is 1. The standard InChI is InChI=1S/C12H15ClFNO2/c1-7(2)6-15-11(12(16)17)8-4-3-5-9(13)10(8)14/h3-5,7,11,15H,6H2,1-2H3,(H,16,17). The van der Waals surface area contributed by atoms with Gasteiger partial charge < -0.3 is 10.4 Å². The lowest BCUT2D eigenvalue weighted by atomic mass is 10.1. The van der Waals surface area contributed by atoms with E-state index in [-0.39, 0.29) is 16.5 Å². The second kappa shape index (κ2) is 5.98. The van der Waals surface area contributed by atoms with E-state index in [0.29, 0.717) is 6.54 Å². The van der Waals surface area contributed by atoms with Crippen molar-refractivity contribution >= 4 is 17.6 Å². The molecule has 1 aromatic carbocycles. The van der Waals surface area contributed by atoms with E-state index >= 15 is 0 Å². The number of halogens is 2. The van der Waals surface area contributed by atoms with E-state index in [1.54, 1.807) is 0 Å². The fourth-order valence-corrected chi connectivity index (χ4v) is 1.61. The summed E-state index contributed by atoms with van der Waals surface area (Å²) in [7, 11) is 0. The van der Waals surface area contributed by atoms with Gasteiger partial charge in [-0.25, -0.2) is 4.39 Å². The maximum atomic E-state index is 13.7. The average Bonchev–Trinajstić information content (AvgIpc) is 2.23. The summed E-state index contributed by atoms with van der Waals surface area (Å²) in [6.07, 6.45) is 0. The van der Waals surface area contributed by atoms with Gasteiger partial charge in [0, 0.05) is 5.56 Å². The van der Waals surface area contributed by atoms with Crippen molar-refractivity contribution in [1.29, 1.82) is 0 Å². The first-order valence-corrected chi connectivity index (χ1v) is 5.71. The molecule has 0 aliphatic carbocycles. The Hall–Kier alpha value is -1.13. The first-order valence-electron chi connectivity index (χ1n) is 5.33. The normalized spacial score (nSPS) is 12.8. The minimum absolute atomic E-state index is 0.0608. The fourth-order valence-electron chi connectivity index (χ4n) is 1.43. The van der Waals surface area contributed by atoms with Gasteiger partial charge >= 0.3 is 5.97 Å². The van der Waals surface area contributed by atoms with Crippen LogP contribution in [0.2, 0.25) is 5.02 Å². The summed E-state index contributed by atoms with van der Waals surface area (Å²) in [6, 6.07) is 3.28. The molecular formula is C12H15ClFNO2. The van der Waals surface area contributed by atoms with Crippen LogP contribution in [0.25, 0.3) is 0 Å². The number of hydrogen-bond acceptors (Lipinski definition) is 2. The Balaban J connectivity index is 2.97. The van der Waals surface area contributed by atoms with Gasteiger partial charge in [-0.1, -0.05) is 37.6 Å². The Morgan fingerprint density at radius 1 is 1.53 bits per heavy atom. The molecule has 0 aromatic heterocycles.